The third kappa shape index (κ3) is 7.80. The number of nitrogens with zero attached hydrogens (tertiary/aromatic N) is 2. The van der Waals surface area contributed by atoms with Crippen molar-refractivity contribution in [2.75, 3.05) is 45.6 Å². The van der Waals surface area contributed by atoms with Gasteiger partial charge in [0.1, 0.15) is 5.75 Å². The lowest BCUT2D eigenvalue weighted by Gasteiger charge is -2.36. The van der Waals surface area contributed by atoms with E-state index < -0.39 is 9.84 Å². The van der Waals surface area contributed by atoms with Crippen LogP contribution in [0.5, 0.6) is 5.75 Å². The Morgan fingerprint density at radius 2 is 1.68 bits per heavy atom. The third-order valence-corrected chi connectivity index (χ3v) is 6.09. The molecule has 0 atom stereocenters. The molecule has 1 amide bonds. The minimum absolute atomic E-state index is 0.187. The summed E-state index contributed by atoms with van der Waals surface area (Å²) in [5.41, 5.74) is 0.345. The molecule has 0 aromatic heterocycles. The van der Waals surface area contributed by atoms with Crippen LogP contribution in [-0.4, -0.2) is 69.7 Å². The second kappa shape index (κ2) is 9.74. The molecular formula is C21H34N2O4S. The summed E-state index contributed by atoms with van der Waals surface area (Å²) < 4.78 is 28.5. The molecule has 0 saturated carbocycles. The van der Waals surface area contributed by atoms with E-state index in [0.29, 0.717) is 30.6 Å². The van der Waals surface area contributed by atoms with E-state index in [2.05, 4.69) is 25.7 Å². The van der Waals surface area contributed by atoms with Gasteiger partial charge in [-0.3, -0.25) is 9.69 Å². The molecule has 1 saturated heterocycles. The summed E-state index contributed by atoms with van der Waals surface area (Å²) in [5.74, 6) is 0.804. The lowest BCUT2D eigenvalue weighted by atomic mass is 9.92. The highest BCUT2D eigenvalue weighted by atomic mass is 32.2. The number of rotatable bonds is 8. The highest BCUT2D eigenvalue weighted by Crippen LogP contribution is 2.19. The van der Waals surface area contributed by atoms with Crippen molar-refractivity contribution < 1.29 is 17.9 Å². The van der Waals surface area contributed by atoms with Crippen molar-refractivity contribution in [3.05, 3.63) is 24.3 Å². The molecule has 7 heteroatoms. The maximum Gasteiger partial charge on any atom is 0.222 e. The fraction of sp³-hybridized carbons (Fsp3) is 0.667. The SMILES string of the molecule is CC(C)(C)CCN1CCN(C(=O)CCCOc2ccc(S(C)(=O)=O)cc2)CC1. The van der Waals surface area contributed by atoms with Crippen molar-refractivity contribution in [1.82, 2.24) is 9.80 Å². The van der Waals surface area contributed by atoms with Gasteiger partial charge in [-0.1, -0.05) is 20.8 Å². The van der Waals surface area contributed by atoms with Gasteiger partial charge in [0, 0.05) is 38.9 Å². The number of carbonyl (C=O) groups excluding carboxylic acids is 1. The average Bonchev–Trinajstić information content (AvgIpc) is 2.63. The van der Waals surface area contributed by atoms with Gasteiger partial charge in [0.2, 0.25) is 5.91 Å². The topological polar surface area (TPSA) is 66.9 Å². The Balaban J connectivity index is 1.64. The van der Waals surface area contributed by atoms with Crippen LogP contribution in [0.4, 0.5) is 0 Å². The van der Waals surface area contributed by atoms with E-state index in [1.807, 2.05) is 4.90 Å². The molecule has 0 aliphatic carbocycles. The van der Waals surface area contributed by atoms with Crippen molar-refractivity contribution in [3.63, 3.8) is 0 Å². The van der Waals surface area contributed by atoms with Gasteiger partial charge in [-0.05, 0) is 49.1 Å². The van der Waals surface area contributed by atoms with E-state index in [-0.39, 0.29) is 10.8 Å². The minimum atomic E-state index is -3.19. The molecule has 1 fully saturated rings. The summed E-state index contributed by atoms with van der Waals surface area (Å²) in [7, 11) is -3.19. The Morgan fingerprint density at radius 1 is 1.07 bits per heavy atom. The fourth-order valence-electron chi connectivity index (χ4n) is 3.07. The van der Waals surface area contributed by atoms with Crippen LogP contribution in [0, 0.1) is 5.41 Å². The Bertz CT molecular complexity index is 731. The monoisotopic (exact) mass is 410 g/mol. The van der Waals surface area contributed by atoms with Crippen molar-refractivity contribution in [3.8, 4) is 5.75 Å². The van der Waals surface area contributed by atoms with Crippen molar-refractivity contribution in [2.45, 2.75) is 44.9 Å². The molecule has 1 aromatic carbocycles. The molecule has 2 rings (SSSR count). The lowest BCUT2D eigenvalue weighted by molar-refractivity contribution is -0.133. The summed E-state index contributed by atoms with van der Waals surface area (Å²) in [6, 6.07) is 6.37. The lowest BCUT2D eigenvalue weighted by Crippen LogP contribution is -2.49. The first kappa shape index (κ1) is 22.7. The Labute approximate surface area is 169 Å². The van der Waals surface area contributed by atoms with Crippen LogP contribution in [0.3, 0.4) is 0 Å². The van der Waals surface area contributed by atoms with Crippen LogP contribution in [-0.2, 0) is 14.6 Å². The summed E-state index contributed by atoms with van der Waals surface area (Å²) in [6.07, 6.45) is 3.47. The Hall–Kier alpha value is -1.60. The van der Waals surface area contributed by atoms with E-state index in [0.717, 1.165) is 32.7 Å². The van der Waals surface area contributed by atoms with Crippen LogP contribution in [0.2, 0.25) is 0 Å². The number of amides is 1. The molecule has 1 aromatic rings. The normalized spacial score (nSPS) is 16.2. The number of sulfone groups is 1. The van der Waals surface area contributed by atoms with Gasteiger partial charge in [-0.15, -0.1) is 0 Å². The zero-order chi connectivity index (χ0) is 20.8. The highest BCUT2D eigenvalue weighted by Gasteiger charge is 2.22. The van der Waals surface area contributed by atoms with Crippen molar-refractivity contribution in [1.29, 1.82) is 0 Å². The molecule has 0 unspecified atom stereocenters. The molecule has 28 heavy (non-hydrogen) atoms. The molecule has 158 valence electrons. The molecular weight excluding hydrogens is 376 g/mol. The molecule has 0 N–H and O–H groups in total. The first-order chi connectivity index (χ1) is 13.0. The van der Waals surface area contributed by atoms with E-state index in [4.69, 9.17) is 4.74 Å². The van der Waals surface area contributed by atoms with Gasteiger partial charge in [-0.2, -0.15) is 0 Å². The quantitative estimate of drug-likeness (QED) is 0.617. The standard InChI is InChI=1S/C21H34N2O4S/c1-21(2,3)11-12-22-13-15-23(16-14-22)20(24)6-5-17-27-18-7-9-19(10-8-18)28(4,25)26/h7-10H,5-6,11-17H2,1-4H3. The predicted molar refractivity (Wildman–Crippen MR) is 111 cm³/mol. The van der Waals surface area contributed by atoms with Gasteiger partial charge in [0.15, 0.2) is 9.84 Å². The number of ether oxygens (including phenoxy) is 1. The summed E-state index contributed by atoms with van der Waals surface area (Å²) in [6.45, 7) is 11.8. The molecule has 1 aliphatic heterocycles. The van der Waals surface area contributed by atoms with Crippen molar-refractivity contribution in [2.24, 2.45) is 5.41 Å². The van der Waals surface area contributed by atoms with Crippen LogP contribution >= 0.6 is 0 Å². The zero-order valence-electron chi connectivity index (χ0n) is 17.6. The molecule has 0 bridgehead atoms. The highest BCUT2D eigenvalue weighted by molar-refractivity contribution is 7.90. The van der Waals surface area contributed by atoms with Gasteiger partial charge >= 0.3 is 0 Å². The second-order valence-corrected chi connectivity index (χ2v) is 10.7. The number of piperazine rings is 1. The number of hydrogen-bond donors (Lipinski definition) is 0. The number of hydrogen-bond acceptors (Lipinski definition) is 5. The van der Waals surface area contributed by atoms with Crippen molar-refractivity contribution >= 4 is 15.7 Å². The molecule has 0 spiro atoms. The van der Waals surface area contributed by atoms with Crippen LogP contribution in [0.1, 0.15) is 40.0 Å². The van der Waals surface area contributed by atoms with E-state index in [1.54, 1.807) is 12.1 Å². The number of carbonyl (C=O) groups is 1. The maximum atomic E-state index is 12.4. The van der Waals surface area contributed by atoms with Crippen LogP contribution in [0.25, 0.3) is 0 Å². The fourth-order valence-corrected chi connectivity index (χ4v) is 3.70. The van der Waals surface area contributed by atoms with E-state index in [1.165, 1.54) is 24.8 Å². The van der Waals surface area contributed by atoms with E-state index >= 15 is 0 Å². The summed E-state index contributed by atoms with van der Waals surface area (Å²) in [4.78, 5) is 17.0. The molecule has 1 heterocycles. The van der Waals surface area contributed by atoms with Gasteiger partial charge < -0.3 is 9.64 Å². The van der Waals surface area contributed by atoms with Gasteiger partial charge in [0.25, 0.3) is 0 Å². The second-order valence-electron chi connectivity index (χ2n) is 8.73. The minimum Gasteiger partial charge on any atom is -0.494 e. The van der Waals surface area contributed by atoms with Crippen LogP contribution in [0.15, 0.2) is 29.2 Å². The first-order valence-electron chi connectivity index (χ1n) is 9.98. The summed E-state index contributed by atoms with van der Waals surface area (Å²) >= 11 is 0. The first-order valence-corrected chi connectivity index (χ1v) is 11.9. The van der Waals surface area contributed by atoms with Crippen LogP contribution < -0.4 is 4.74 Å². The largest absolute Gasteiger partial charge is 0.494 e. The van der Waals surface area contributed by atoms with Gasteiger partial charge in [-0.25, -0.2) is 8.42 Å². The number of benzene rings is 1. The molecule has 6 nitrogen and oxygen atoms in total. The average molecular weight is 411 g/mol. The zero-order valence-corrected chi connectivity index (χ0v) is 18.4. The Morgan fingerprint density at radius 3 is 2.21 bits per heavy atom. The smallest absolute Gasteiger partial charge is 0.222 e. The predicted octanol–water partition coefficient (Wildman–Crippen LogP) is 2.83. The Kier molecular flexibility index (Phi) is 7.89. The van der Waals surface area contributed by atoms with Gasteiger partial charge in [0.05, 0.1) is 11.5 Å². The third-order valence-electron chi connectivity index (χ3n) is 4.96. The van der Waals surface area contributed by atoms with E-state index in [9.17, 15) is 13.2 Å². The molecule has 0 radical (unpaired) electrons. The maximum absolute atomic E-state index is 12.4. The molecule has 1 aliphatic rings. The summed E-state index contributed by atoms with van der Waals surface area (Å²) in [5, 5.41) is 0.